The topological polar surface area (TPSA) is 26.3 Å². The van der Waals surface area contributed by atoms with Gasteiger partial charge in [0.25, 0.3) is 0 Å². The largest absolute Gasteiger partial charge is 0.496 e. The molecule has 0 aliphatic carbocycles. The van der Waals surface area contributed by atoms with Crippen LogP contribution in [0, 0.1) is 0 Å². The average molecular weight is 261 g/mol. The second-order valence-electron chi connectivity index (χ2n) is 3.88. The molecular formula is C15H13ClO2. The summed E-state index contributed by atoms with van der Waals surface area (Å²) in [6.45, 7) is 0. The van der Waals surface area contributed by atoms with E-state index in [4.69, 9.17) is 16.3 Å². The number of hydrogen-bond donors (Lipinski definition) is 0. The molecular weight excluding hydrogens is 248 g/mol. The lowest BCUT2D eigenvalue weighted by atomic mass is 10.0. The van der Waals surface area contributed by atoms with Crippen LogP contribution in [-0.2, 0) is 11.2 Å². The van der Waals surface area contributed by atoms with E-state index in [9.17, 15) is 4.79 Å². The van der Waals surface area contributed by atoms with Gasteiger partial charge in [0.05, 0.1) is 7.11 Å². The molecule has 0 radical (unpaired) electrons. The Kier molecular flexibility index (Phi) is 4.00. The summed E-state index contributed by atoms with van der Waals surface area (Å²) in [5.74, 6) is 0.743. The van der Waals surface area contributed by atoms with Gasteiger partial charge in [-0.2, -0.15) is 0 Å². The maximum Gasteiger partial charge on any atom is 0.130 e. The van der Waals surface area contributed by atoms with Crippen LogP contribution in [0.25, 0.3) is 11.1 Å². The molecule has 0 saturated heterocycles. The van der Waals surface area contributed by atoms with Crippen LogP contribution in [0.4, 0.5) is 0 Å². The summed E-state index contributed by atoms with van der Waals surface area (Å²) in [6, 6.07) is 13.3. The Labute approximate surface area is 111 Å². The summed E-state index contributed by atoms with van der Waals surface area (Å²) in [6.07, 6.45) is 1.23. The van der Waals surface area contributed by atoms with Crippen molar-refractivity contribution >= 4 is 17.9 Å². The highest BCUT2D eigenvalue weighted by molar-refractivity contribution is 6.30. The Morgan fingerprint density at radius 1 is 1.17 bits per heavy atom. The monoisotopic (exact) mass is 260 g/mol. The molecule has 3 heteroatoms. The molecule has 0 aromatic heterocycles. The van der Waals surface area contributed by atoms with Crippen molar-refractivity contribution in [1.29, 1.82) is 0 Å². The number of benzene rings is 2. The fourth-order valence-corrected chi connectivity index (χ4v) is 2.06. The predicted octanol–water partition coefficient (Wildman–Crippen LogP) is 3.76. The van der Waals surface area contributed by atoms with Crippen LogP contribution < -0.4 is 4.74 Å². The number of carbonyl (C=O) groups excluding carboxylic acids is 1. The molecule has 0 bridgehead atoms. The number of rotatable bonds is 4. The van der Waals surface area contributed by atoms with Gasteiger partial charge in [0.15, 0.2) is 0 Å². The third-order valence-corrected chi connectivity index (χ3v) is 3.01. The van der Waals surface area contributed by atoms with E-state index in [1.54, 1.807) is 7.11 Å². The molecule has 0 amide bonds. The third-order valence-electron chi connectivity index (χ3n) is 2.76. The first-order chi connectivity index (χ1) is 8.76. The normalized spacial score (nSPS) is 10.1. The average Bonchev–Trinajstić information content (AvgIpc) is 2.40. The van der Waals surface area contributed by atoms with Crippen LogP contribution in [0.2, 0.25) is 5.02 Å². The van der Waals surface area contributed by atoms with E-state index in [-0.39, 0.29) is 0 Å². The molecule has 0 atom stereocenters. The lowest BCUT2D eigenvalue weighted by molar-refractivity contribution is -0.107. The Morgan fingerprint density at radius 2 is 1.89 bits per heavy atom. The van der Waals surface area contributed by atoms with Gasteiger partial charge in [0, 0.05) is 22.6 Å². The summed E-state index contributed by atoms with van der Waals surface area (Å²) in [5, 5.41) is 0.696. The fourth-order valence-electron chi connectivity index (χ4n) is 1.93. The van der Waals surface area contributed by atoms with Crippen molar-refractivity contribution in [1.82, 2.24) is 0 Å². The second kappa shape index (κ2) is 5.69. The Bertz CT molecular complexity index is 547. The van der Waals surface area contributed by atoms with E-state index in [1.165, 1.54) is 0 Å². The first-order valence-electron chi connectivity index (χ1n) is 5.61. The van der Waals surface area contributed by atoms with E-state index < -0.39 is 0 Å². The number of methoxy groups -OCH3 is 1. The van der Waals surface area contributed by atoms with Gasteiger partial charge < -0.3 is 9.53 Å². The molecule has 18 heavy (non-hydrogen) atoms. The van der Waals surface area contributed by atoms with E-state index in [0.29, 0.717) is 11.4 Å². The van der Waals surface area contributed by atoms with Crippen molar-refractivity contribution in [2.45, 2.75) is 6.42 Å². The summed E-state index contributed by atoms with van der Waals surface area (Å²) in [7, 11) is 1.61. The maximum absolute atomic E-state index is 10.7. The van der Waals surface area contributed by atoms with Gasteiger partial charge in [-0.05, 0) is 17.7 Å². The van der Waals surface area contributed by atoms with Gasteiger partial charge in [0.1, 0.15) is 12.0 Å². The lowest BCUT2D eigenvalue weighted by Crippen LogP contribution is -1.95. The predicted molar refractivity (Wildman–Crippen MR) is 73.2 cm³/mol. The zero-order valence-corrected chi connectivity index (χ0v) is 10.8. The zero-order valence-electron chi connectivity index (χ0n) is 10.0. The summed E-state index contributed by atoms with van der Waals surface area (Å²) >= 11 is 5.88. The van der Waals surface area contributed by atoms with Crippen LogP contribution in [0.5, 0.6) is 5.75 Å². The zero-order chi connectivity index (χ0) is 13.0. The van der Waals surface area contributed by atoms with E-state index in [2.05, 4.69) is 0 Å². The van der Waals surface area contributed by atoms with Crippen LogP contribution in [-0.4, -0.2) is 13.4 Å². The minimum atomic E-state index is 0.352. The van der Waals surface area contributed by atoms with Gasteiger partial charge in [-0.3, -0.25) is 0 Å². The Balaban J connectivity index is 2.52. The SMILES string of the molecule is COc1c(CC=O)cccc1-c1ccc(Cl)cc1. The van der Waals surface area contributed by atoms with Gasteiger partial charge in [0.2, 0.25) is 0 Å². The van der Waals surface area contributed by atoms with Crippen molar-refractivity contribution in [2.75, 3.05) is 7.11 Å². The highest BCUT2D eigenvalue weighted by Crippen LogP contribution is 2.33. The first kappa shape index (κ1) is 12.7. The van der Waals surface area contributed by atoms with E-state index in [1.807, 2.05) is 42.5 Å². The molecule has 2 nitrogen and oxygen atoms in total. The van der Waals surface area contributed by atoms with Crippen LogP contribution in [0.1, 0.15) is 5.56 Å². The van der Waals surface area contributed by atoms with Gasteiger partial charge in [-0.15, -0.1) is 0 Å². The molecule has 0 fully saturated rings. The lowest BCUT2D eigenvalue weighted by Gasteiger charge is -2.12. The highest BCUT2D eigenvalue weighted by Gasteiger charge is 2.10. The molecule has 0 saturated carbocycles. The Hall–Kier alpha value is -1.80. The van der Waals surface area contributed by atoms with Gasteiger partial charge in [-0.1, -0.05) is 41.9 Å². The molecule has 0 aliphatic heterocycles. The minimum Gasteiger partial charge on any atom is -0.496 e. The van der Waals surface area contributed by atoms with Crippen LogP contribution in [0.15, 0.2) is 42.5 Å². The quantitative estimate of drug-likeness (QED) is 0.783. The van der Waals surface area contributed by atoms with Crippen molar-refractivity contribution in [3.8, 4) is 16.9 Å². The van der Waals surface area contributed by atoms with Gasteiger partial charge >= 0.3 is 0 Å². The molecule has 0 N–H and O–H groups in total. The number of ether oxygens (including phenoxy) is 1. The van der Waals surface area contributed by atoms with E-state index in [0.717, 1.165) is 28.7 Å². The number of aldehydes is 1. The summed E-state index contributed by atoms with van der Waals surface area (Å²) < 4.78 is 5.42. The van der Waals surface area contributed by atoms with Crippen molar-refractivity contribution in [3.63, 3.8) is 0 Å². The molecule has 2 rings (SSSR count). The number of carbonyl (C=O) groups is 1. The third kappa shape index (κ3) is 2.54. The maximum atomic E-state index is 10.7. The number of hydrogen-bond acceptors (Lipinski definition) is 2. The minimum absolute atomic E-state index is 0.352. The van der Waals surface area contributed by atoms with Crippen molar-refractivity contribution in [3.05, 3.63) is 53.1 Å². The molecule has 92 valence electrons. The van der Waals surface area contributed by atoms with Crippen LogP contribution >= 0.6 is 11.6 Å². The van der Waals surface area contributed by atoms with Gasteiger partial charge in [-0.25, -0.2) is 0 Å². The Morgan fingerprint density at radius 3 is 2.50 bits per heavy atom. The summed E-state index contributed by atoms with van der Waals surface area (Å²) in [5.41, 5.74) is 2.87. The molecule has 0 spiro atoms. The smallest absolute Gasteiger partial charge is 0.130 e. The van der Waals surface area contributed by atoms with Crippen molar-refractivity contribution in [2.24, 2.45) is 0 Å². The van der Waals surface area contributed by atoms with E-state index >= 15 is 0 Å². The first-order valence-corrected chi connectivity index (χ1v) is 5.99. The molecule has 0 aliphatic rings. The standard InChI is InChI=1S/C15H13ClO2/c1-18-15-12(9-10-17)3-2-4-14(15)11-5-7-13(16)8-6-11/h2-8,10H,9H2,1H3. The van der Waals surface area contributed by atoms with Crippen LogP contribution in [0.3, 0.4) is 0 Å². The molecule has 0 heterocycles. The highest BCUT2D eigenvalue weighted by atomic mass is 35.5. The van der Waals surface area contributed by atoms with Crippen molar-refractivity contribution < 1.29 is 9.53 Å². The second-order valence-corrected chi connectivity index (χ2v) is 4.31. The fraction of sp³-hybridized carbons (Fsp3) is 0.133. The number of halogens is 1. The molecule has 0 unspecified atom stereocenters. The summed E-state index contributed by atoms with van der Waals surface area (Å²) in [4.78, 5) is 10.7. The number of para-hydroxylation sites is 1. The molecule has 2 aromatic rings. The molecule has 2 aromatic carbocycles.